The van der Waals surface area contributed by atoms with Crippen LogP contribution < -0.4 is 4.31 Å². The van der Waals surface area contributed by atoms with Crippen molar-refractivity contribution in [2.75, 3.05) is 17.4 Å². The van der Waals surface area contributed by atoms with Gasteiger partial charge in [-0.25, -0.2) is 13.2 Å². The molecule has 7 nitrogen and oxygen atoms in total. The van der Waals surface area contributed by atoms with E-state index < -0.39 is 56.5 Å². The van der Waals surface area contributed by atoms with E-state index in [0.29, 0.717) is 6.07 Å². The van der Waals surface area contributed by atoms with Gasteiger partial charge in [0.05, 0.1) is 34.2 Å². The number of ether oxygens (including phenoxy) is 1. The van der Waals surface area contributed by atoms with Crippen LogP contribution in [0, 0.1) is 23.2 Å². The summed E-state index contributed by atoms with van der Waals surface area (Å²) in [6.07, 6.45) is -1.84. The van der Waals surface area contributed by atoms with E-state index in [1.54, 1.807) is 12.2 Å². The molecule has 4 aliphatic rings. The number of fused-ring (bicyclic) bond motifs is 1. The van der Waals surface area contributed by atoms with Crippen LogP contribution in [0.15, 0.2) is 60.7 Å². The largest absolute Gasteiger partial charge is 0.445 e. The Morgan fingerprint density at radius 1 is 1.11 bits per heavy atom. The second-order valence-corrected chi connectivity index (χ2v) is 10.8. The Kier molecular flexibility index (Phi) is 5.51. The average molecular weight is 504 g/mol. The van der Waals surface area contributed by atoms with E-state index in [1.165, 1.54) is 17.0 Å². The predicted octanol–water partition coefficient (Wildman–Crippen LogP) is 3.92. The number of benzene rings is 2. The van der Waals surface area contributed by atoms with Crippen molar-refractivity contribution in [2.45, 2.75) is 24.1 Å². The van der Waals surface area contributed by atoms with Gasteiger partial charge in [-0.15, -0.1) is 0 Å². The summed E-state index contributed by atoms with van der Waals surface area (Å²) in [6, 6.07) is 13.0. The first-order valence-electron chi connectivity index (χ1n) is 10.9. The van der Waals surface area contributed by atoms with Crippen LogP contribution in [-0.2, 0) is 27.5 Å². The topological polar surface area (TPSA) is 90.7 Å². The lowest BCUT2D eigenvalue weighted by Crippen LogP contribution is -2.59. The van der Waals surface area contributed by atoms with Crippen molar-refractivity contribution in [3.63, 3.8) is 0 Å². The van der Waals surface area contributed by atoms with Gasteiger partial charge in [0.25, 0.3) is 0 Å². The number of carbonyl (C=O) groups excluding carboxylic acids is 1. The first-order valence-corrected chi connectivity index (χ1v) is 12.4. The predicted molar refractivity (Wildman–Crippen MR) is 119 cm³/mol. The van der Waals surface area contributed by atoms with Crippen LogP contribution in [0.1, 0.15) is 16.7 Å². The third-order valence-electron chi connectivity index (χ3n) is 6.79. The summed E-state index contributed by atoms with van der Waals surface area (Å²) >= 11 is 0. The first-order chi connectivity index (χ1) is 16.6. The molecule has 3 aliphatic heterocycles. The van der Waals surface area contributed by atoms with Gasteiger partial charge in [-0.1, -0.05) is 42.5 Å². The van der Waals surface area contributed by atoms with Crippen LogP contribution in [0.2, 0.25) is 0 Å². The molecule has 2 aromatic rings. The molecule has 0 unspecified atom stereocenters. The fourth-order valence-corrected chi connectivity index (χ4v) is 7.62. The number of halogens is 3. The minimum atomic E-state index is -4.81. The van der Waals surface area contributed by atoms with E-state index in [-0.39, 0.29) is 25.4 Å². The number of sulfonamides is 1. The number of carbonyl (C=O) groups is 1. The lowest BCUT2D eigenvalue weighted by Gasteiger charge is -2.46. The summed E-state index contributed by atoms with van der Waals surface area (Å²) in [5.74, 6) is -1.04. The molecular formula is C24H20F3N3O4S. The Labute approximate surface area is 200 Å². The first kappa shape index (κ1) is 23.2. The number of hydrogen-bond donors (Lipinski definition) is 0. The number of amides is 1. The maximum absolute atomic E-state index is 13.5. The molecule has 0 aromatic heterocycles. The monoisotopic (exact) mass is 503 g/mol. The molecule has 6 rings (SSSR count). The fourth-order valence-electron chi connectivity index (χ4n) is 5.24. The van der Waals surface area contributed by atoms with Crippen molar-refractivity contribution in [1.82, 2.24) is 4.90 Å². The lowest BCUT2D eigenvalue weighted by atomic mass is 9.77. The zero-order valence-electron chi connectivity index (χ0n) is 18.2. The Morgan fingerprint density at radius 2 is 1.86 bits per heavy atom. The fraction of sp³-hybridized carbons (Fsp3) is 0.333. The lowest BCUT2D eigenvalue weighted by molar-refractivity contribution is -0.137. The molecule has 35 heavy (non-hydrogen) atoms. The number of piperidine rings is 1. The van der Waals surface area contributed by atoms with E-state index in [9.17, 15) is 26.4 Å². The number of hydrogen-bond acceptors (Lipinski definition) is 5. The molecule has 11 heteroatoms. The SMILES string of the molecule is N#Cc1ccc(N2C[C@H]3[C@H]([C@H]4C=C[C@@H]3N(C(=O)OCc3ccccc3)C4)S2(=O)=O)cc1C(F)(F)F. The maximum atomic E-state index is 13.5. The third kappa shape index (κ3) is 3.91. The van der Waals surface area contributed by atoms with Gasteiger partial charge in [0.1, 0.15) is 6.61 Å². The molecule has 0 radical (unpaired) electrons. The molecule has 3 heterocycles. The van der Waals surface area contributed by atoms with E-state index in [2.05, 4.69) is 0 Å². The molecule has 0 N–H and O–H groups in total. The Hall–Kier alpha value is -3.52. The van der Waals surface area contributed by atoms with E-state index in [1.807, 2.05) is 30.3 Å². The maximum Gasteiger partial charge on any atom is 0.417 e. The summed E-state index contributed by atoms with van der Waals surface area (Å²) in [4.78, 5) is 14.3. The van der Waals surface area contributed by atoms with E-state index >= 15 is 0 Å². The van der Waals surface area contributed by atoms with Gasteiger partial charge < -0.3 is 9.64 Å². The van der Waals surface area contributed by atoms with Crippen molar-refractivity contribution >= 4 is 21.8 Å². The van der Waals surface area contributed by atoms with Crippen molar-refractivity contribution in [3.8, 4) is 6.07 Å². The Bertz CT molecular complexity index is 1340. The van der Waals surface area contributed by atoms with Crippen LogP contribution in [0.3, 0.4) is 0 Å². The number of rotatable bonds is 3. The summed E-state index contributed by atoms with van der Waals surface area (Å²) in [5, 5.41) is 8.18. The van der Waals surface area contributed by atoms with Crippen molar-refractivity contribution in [2.24, 2.45) is 11.8 Å². The molecule has 182 valence electrons. The molecule has 1 aliphatic carbocycles. The van der Waals surface area contributed by atoms with Crippen LogP contribution in [0.5, 0.6) is 0 Å². The van der Waals surface area contributed by atoms with Gasteiger partial charge in [-0.3, -0.25) is 4.31 Å². The minimum Gasteiger partial charge on any atom is -0.445 e. The van der Waals surface area contributed by atoms with E-state index in [4.69, 9.17) is 10.00 Å². The van der Waals surface area contributed by atoms with Crippen LogP contribution in [-0.4, -0.2) is 43.8 Å². The van der Waals surface area contributed by atoms with Gasteiger partial charge in [0.15, 0.2) is 0 Å². The summed E-state index contributed by atoms with van der Waals surface area (Å²) in [7, 11) is -4.01. The van der Waals surface area contributed by atoms with Gasteiger partial charge >= 0.3 is 12.3 Å². The van der Waals surface area contributed by atoms with Gasteiger partial charge in [0, 0.05) is 24.9 Å². The highest BCUT2D eigenvalue weighted by Crippen LogP contribution is 2.47. The highest BCUT2D eigenvalue weighted by Gasteiger charge is 2.59. The number of nitriles is 1. The Morgan fingerprint density at radius 3 is 2.54 bits per heavy atom. The summed E-state index contributed by atoms with van der Waals surface area (Å²) < 4.78 is 73.7. The smallest absolute Gasteiger partial charge is 0.417 e. The zero-order valence-corrected chi connectivity index (χ0v) is 19.0. The molecule has 2 saturated heterocycles. The van der Waals surface area contributed by atoms with Gasteiger partial charge in [-0.05, 0) is 23.8 Å². The third-order valence-corrected chi connectivity index (χ3v) is 9.15. The minimum absolute atomic E-state index is 0.0707. The van der Waals surface area contributed by atoms with Crippen molar-refractivity contribution < 1.29 is 31.1 Å². The molecule has 0 spiro atoms. The summed E-state index contributed by atoms with van der Waals surface area (Å²) in [6.45, 7) is 0.135. The summed E-state index contributed by atoms with van der Waals surface area (Å²) in [5.41, 5.74) is -1.10. The number of alkyl halides is 3. The molecule has 2 fully saturated rings. The molecule has 0 saturated carbocycles. The highest BCUT2D eigenvalue weighted by molar-refractivity contribution is 7.93. The standard InChI is InChI=1S/C24H20F3N3O4S/c25-24(26,27)20-10-18(8-6-16(20)11-28)30-13-19-21-9-7-17(22(19)35(30,32)33)12-29(21)23(31)34-14-15-4-2-1-3-5-15/h1-10,17,19,21-22H,12-14H2/t17-,19+,21-,22-/m0/s1. The molecule has 1 amide bonds. The number of anilines is 1. The van der Waals surface area contributed by atoms with Crippen LogP contribution in [0.25, 0.3) is 0 Å². The molecule has 4 atom stereocenters. The van der Waals surface area contributed by atoms with Crippen molar-refractivity contribution in [3.05, 3.63) is 77.4 Å². The van der Waals surface area contributed by atoms with E-state index in [0.717, 1.165) is 15.9 Å². The second kappa shape index (κ2) is 8.30. The second-order valence-electron chi connectivity index (χ2n) is 8.78. The normalized spacial score (nSPS) is 26.3. The van der Waals surface area contributed by atoms with Gasteiger partial charge in [-0.2, -0.15) is 18.4 Å². The zero-order chi connectivity index (χ0) is 25.0. The average Bonchev–Trinajstić information content (AvgIpc) is 3.15. The molecule has 2 bridgehead atoms. The quantitative estimate of drug-likeness (QED) is 0.593. The molecule has 2 aromatic carbocycles. The van der Waals surface area contributed by atoms with Gasteiger partial charge in [0.2, 0.25) is 10.0 Å². The molecular weight excluding hydrogens is 483 g/mol. The Balaban J connectivity index is 1.40. The van der Waals surface area contributed by atoms with Crippen molar-refractivity contribution in [1.29, 1.82) is 5.26 Å². The van der Waals surface area contributed by atoms with Crippen LogP contribution >= 0.6 is 0 Å². The highest BCUT2D eigenvalue weighted by atomic mass is 32.2. The number of nitrogens with zero attached hydrogens (tertiary/aromatic N) is 3. The van der Waals surface area contributed by atoms with Crippen LogP contribution in [0.4, 0.5) is 23.7 Å².